The van der Waals surface area contributed by atoms with E-state index < -0.39 is 48.4 Å². The Hall–Kier alpha value is -1.11. The van der Waals surface area contributed by atoms with Crippen LogP contribution in [-0.2, 0) is 19.2 Å². The van der Waals surface area contributed by atoms with Crippen molar-refractivity contribution in [1.82, 2.24) is 16.0 Å². The Morgan fingerprint density at radius 3 is 2.11 bits per heavy atom. The van der Waals surface area contributed by atoms with Crippen molar-refractivity contribution in [3.05, 3.63) is 0 Å². The van der Waals surface area contributed by atoms with Crippen molar-refractivity contribution < 1.29 is 24.3 Å². The second-order valence-corrected chi connectivity index (χ2v) is 7.93. The highest BCUT2D eigenvalue weighted by Crippen LogP contribution is 2.03. The van der Waals surface area contributed by atoms with Crippen molar-refractivity contribution >= 4 is 59.8 Å². The number of carbonyl (C=O) groups is 4. The fourth-order valence-corrected chi connectivity index (χ4v) is 3.09. The van der Waals surface area contributed by atoms with Gasteiger partial charge in [-0.05, 0) is 36.9 Å². The molecule has 3 amide bonds. The Bertz CT molecular complexity index is 510. The maximum Gasteiger partial charge on any atom is 0.327 e. The van der Waals surface area contributed by atoms with Gasteiger partial charge in [-0.3, -0.25) is 14.4 Å². The third-order valence-corrected chi connectivity index (χ3v) is 5.11. The molecule has 0 heterocycles. The standard InChI is InChI=1S/C15H28N4O5S3/c1-26-5-3-9(16)13(21)19-10(4-6-27-2)14(22)17-7-12(20)18-11(8-25)15(23)24/h9-11,25H,3-8,16H2,1-2H3,(H,17,22)(H,18,20)(H,19,21)(H,23,24). The molecule has 0 radical (unpaired) electrons. The maximum atomic E-state index is 12.3. The molecule has 0 rings (SSSR count). The van der Waals surface area contributed by atoms with E-state index in [1.807, 2.05) is 12.5 Å². The first kappa shape index (κ1) is 25.9. The molecule has 6 N–H and O–H groups in total. The summed E-state index contributed by atoms with van der Waals surface area (Å²) in [6.45, 7) is -0.402. The number of carboxylic acid groups (broad SMARTS) is 1. The molecule has 0 aliphatic heterocycles. The molecule has 0 spiro atoms. The molecular weight excluding hydrogens is 412 g/mol. The predicted octanol–water partition coefficient (Wildman–Crippen LogP) is -1.08. The molecule has 3 atom stereocenters. The van der Waals surface area contributed by atoms with Gasteiger partial charge in [0.1, 0.15) is 12.1 Å². The molecule has 27 heavy (non-hydrogen) atoms. The van der Waals surface area contributed by atoms with Crippen LogP contribution in [0.1, 0.15) is 12.8 Å². The molecule has 156 valence electrons. The van der Waals surface area contributed by atoms with Crippen LogP contribution in [0, 0.1) is 0 Å². The Kier molecular flexibility index (Phi) is 14.3. The van der Waals surface area contributed by atoms with E-state index in [-0.39, 0.29) is 5.75 Å². The summed E-state index contributed by atoms with van der Waals surface area (Å²) in [5, 5.41) is 16.2. The van der Waals surface area contributed by atoms with Gasteiger partial charge in [0.05, 0.1) is 12.6 Å². The van der Waals surface area contributed by atoms with Crippen molar-refractivity contribution in [1.29, 1.82) is 0 Å². The van der Waals surface area contributed by atoms with Gasteiger partial charge < -0.3 is 26.8 Å². The summed E-state index contributed by atoms with van der Waals surface area (Å²) in [4.78, 5) is 47.1. The number of thiol groups is 1. The highest BCUT2D eigenvalue weighted by Gasteiger charge is 2.24. The molecule has 0 aliphatic rings. The van der Waals surface area contributed by atoms with E-state index in [0.29, 0.717) is 18.6 Å². The highest BCUT2D eigenvalue weighted by molar-refractivity contribution is 7.98. The monoisotopic (exact) mass is 440 g/mol. The zero-order valence-corrected chi connectivity index (χ0v) is 17.9. The minimum Gasteiger partial charge on any atom is -0.480 e. The molecule has 0 aliphatic carbocycles. The fraction of sp³-hybridized carbons (Fsp3) is 0.733. The lowest BCUT2D eigenvalue weighted by atomic mass is 10.1. The summed E-state index contributed by atoms with van der Waals surface area (Å²) >= 11 is 6.93. The highest BCUT2D eigenvalue weighted by atomic mass is 32.2. The van der Waals surface area contributed by atoms with E-state index >= 15 is 0 Å². The van der Waals surface area contributed by atoms with Crippen LogP contribution in [0.2, 0.25) is 0 Å². The molecule has 12 heteroatoms. The van der Waals surface area contributed by atoms with Crippen LogP contribution >= 0.6 is 36.2 Å². The normalized spacial score (nSPS) is 13.9. The molecule has 0 fully saturated rings. The van der Waals surface area contributed by atoms with Gasteiger partial charge >= 0.3 is 5.97 Å². The summed E-state index contributed by atoms with van der Waals surface area (Å²) in [6, 6.07) is -2.67. The van der Waals surface area contributed by atoms with Crippen LogP contribution in [0.15, 0.2) is 0 Å². The van der Waals surface area contributed by atoms with E-state index in [2.05, 4.69) is 28.6 Å². The van der Waals surface area contributed by atoms with Gasteiger partial charge in [0, 0.05) is 5.75 Å². The molecular formula is C15H28N4O5S3. The second-order valence-electron chi connectivity index (χ2n) is 5.59. The topological polar surface area (TPSA) is 151 Å². The minimum absolute atomic E-state index is 0.0740. The predicted molar refractivity (Wildman–Crippen MR) is 112 cm³/mol. The smallest absolute Gasteiger partial charge is 0.327 e. The van der Waals surface area contributed by atoms with Crippen LogP contribution in [0.25, 0.3) is 0 Å². The number of aliphatic carboxylic acids is 1. The number of hydrogen-bond donors (Lipinski definition) is 6. The van der Waals surface area contributed by atoms with Gasteiger partial charge in [-0.25, -0.2) is 4.79 Å². The third kappa shape index (κ3) is 11.4. The number of nitrogens with two attached hydrogens (primary N) is 1. The van der Waals surface area contributed by atoms with Crippen LogP contribution in [0.5, 0.6) is 0 Å². The quantitative estimate of drug-likeness (QED) is 0.187. The average Bonchev–Trinajstić information content (AvgIpc) is 2.64. The molecule has 0 aromatic carbocycles. The van der Waals surface area contributed by atoms with Crippen molar-refractivity contribution in [2.24, 2.45) is 5.73 Å². The Balaban J connectivity index is 4.66. The number of carbonyl (C=O) groups excluding carboxylic acids is 3. The summed E-state index contributed by atoms with van der Waals surface area (Å²) in [5.74, 6) is -1.53. The molecule has 0 saturated carbocycles. The van der Waals surface area contributed by atoms with Gasteiger partial charge in [0.25, 0.3) is 0 Å². The van der Waals surface area contributed by atoms with Crippen molar-refractivity contribution in [2.45, 2.75) is 31.0 Å². The van der Waals surface area contributed by atoms with Crippen molar-refractivity contribution in [2.75, 3.05) is 36.3 Å². The Morgan fingerprint density at radius 2 is 1.59 bits per heavy atom. The first-order valence-corrected chi connectivity index (χ1v) is 11.6. The minimum atomic E-state index is -1.21. The number of rotatable bonds is 14. The number of amides is 3. The SMILES string of the molecule is CSCCC(N)C(=O)NC(CCSC)C(=O)NCC(=O)NC(CS)C(=O)O. The molecule has 9 nitrogen and oxygen atoms in total. The van der Waals surface area contributed by atoms with Crippen LogP contribution < -0.4 is 21.7 Å². The van der Waals surface area contributed by atoms with Gasteiger partial charge in [0.2, 0.25) is 17.7 Å². The van der Waals surface area contributed by atoms with Gasteiger partial charge in [-0.2, -0.15) is 36.2 Å². The van der Waals surface area contributed by atoms with Crippen molar-refractivity contribution in [3.63, 3.8) is 0 Å². The molecule has 0 bridgehead atoms. The van der Waals surface area contributed by atoms with Gasteiger partial charge in [-0.1, -0.05) is 0 Å². The molecule has 0 aromatic rings. The van der Waals surface area contributed by atoms with Gasteiger partial charge in [0.15, 0.2) is 0 Å². The van der Waals surface area contributed by atoms with Gasteiger partial charge in [-0.15, -0.1) is 0 Å². The fourth-order valence-electron chi connectivity index (χ4n) is 1.88. The molecule has 3 unspecified atom stereocenters. The number of nitrogens with one attached hydrogen (secondary N) is 3. The average molecular weight is 441 g/mol. The van der Waals surface area contributed by atoms with Crippen LogP contribution in [0.4, 0.5) is 0 Å². The number of thioether (sulfide) groups is 2. The first-order valence-electron chi connectivity index (χ1n) is 8.21. The summed E-state index contributed by atoms with van der Waals surface area (Å²) < 4.78 is 0. The molecule has 0 aromatic heterocycles. The summed E-state index contributed by atoms with van der Waals surface area (Å²) in [7, 11) is 0. The Labute approximate surface area is 173 Å². The summed E-state index contributed by atoms with van der Waals surface area (Å²) in [6.07, 6.45) is 4.65. The van der Waals surface area contributed by atoms with Crippen LogP contribution in [-0.4, -0.2) is 83.2 Å². The van der Waals surface area contributed by atoms with Crippen LogP contribution in [0.3, 0.4) is 0 Å². The summed E-state index contributed by atoms with van der Waals surface area (Å²) in [5.41, 5.74) is 5.81. The first-order chi connectivity index (χ1) is 12.8. The Morgan fingerprint density at radius 1 is 1.00 bits per heavy atom. The number of carboxylic acids is 1. The van der Waals surface area contributed by atoms with E-state index in [4.69, 9.17) is 10.8 Å². The van der Waals surface area contributed by atoms with E-state index in [0.717, 1.165) is 5.75 Å². The van der Waals surface area contributed by atoms with E-state index in [9.17, 15) is 19.2 Å². The lowest BCUT2D eigenvalue weighted by molar-refractivity contribution is -0.141. The zero-order chi connectivity index (χ0) is 20.8. The largest absolute Gasteiger partial charge is 0.480 e. The second kappa shape index (κ2) is 14.9. The van der Waals surface area contributed by atoms with E-state index in [1.54, 1.807) is 11.8 Å². The van der Waals surface area contributed by atoms with Crippen molar-refractivity contribution in [3.8, 4) is 0 Å². The van der Waals surface area contributed by atoms with E-state index in [1.165, 1.54) is 11.8 Å². The lowest BCUT2D eigenvalue weighted by Crippen LogP contribution is -2.53. The lowest BCUT2D eigenvalue weighted by Gasteiger charge is -2.20. The molecule has 0 saturated heterocycles. The third-order valence-electron chi connectivity index (χ3n) is 3.45. The maximum absolute atomic E-state index is 12.3. The zero-order valence-electron chi connectivity index (χ0n) is 15.4. The number of hydrogen-bond acceptors (Lipinski definition) is 8.